The molecule has 1 unspecified atom stereocenters. The zero-order valence-corrected chi connectivity index (χ0v) is 8.18. The van der Waals surface area contributed by atoms with Crippen LogP contribution in [0.1, 0.15) is 45.4 Å². The van der Waals surface area contributed by atoms with E-state index in [1.807, 2.05) is 0 Å². The Balaban J connectivity index is 1.52. The first kappa shape index (κ1) is 8.55. The van der Waals surface area contributed by atoms with Crippen LogP contribution in [-0.4, -0.2) is 12.6 Å². The maximum Gasteiger partial charge on any atom is 0.00414 e. The van der Waals surface area contributed by atoms with Gasteiger partial charge in [0.15, 0.2) is 0 Å². The summed E-state index contributed by atoms with van der Waals surface area (Å²) in [6.45, 7) is 3.63. The number of hydrogen-bond acceptors (Lipinski definition) is 1. The van der Waals surface area contributed by atoms with Crippen LogP contribution in [0, 0.1) is 11.8 Å². The summed E-state index contributed by atoms with van der Waals surface area (Å²) in [6, 6.07) is 0.774. The van der Waals surface area contributed by atoms with Gasteiger partial charge in [-0.1, -0.05) is 19.3 Å². The number of nitrogens with one attached hydrogen (secondary N) is 1. The highest BCUT2D eigenvalue weighted by atomic mass is 14.9. The van der Waals surface area contributed by atoms with Crippen LogP contribution in [0.15, 0.2) is 0 Å². The largest absolute Gasteiger partial charge is 0.314 e. The molecule has 0 saturated heterocycles. The third-order valence-electron chi connectivity index (χ3n) is 3.36. The Morgan fingerprint density at radius 1 is 1.17 bits per heavy atom. The molecule has 1 heteroatoms. The third kappa shape index (κ3) is 2.48. The molecule has 70 valence electrons. The van der Waals surface area contributed by atoms with Crippen LogP contribution in [0.25, 0.3) is 0 Å². The van der Waals surface area contributed by atoms with Gasteiger partial charge in [-0.05, 0) is 44.6 Å². The molecule has 0 radical (unpaired) electrons. The van der Waals surface area contributed by atoms with E-state index in [0.29, 0.717) is 0 Å². The van der Waals surface area contributed by atoms with Crippen LogP contribution in [-0.2, 0) is 0 Å². The smallest absolute Gasteiger partial charge is 0.00414 e. The van der Waals surface area contributed by atoms with Gasteiger partial charge in [0.05, 0.1) is 0 Å². The molecule has 12 heavy (non-hydrogen) atoms. The Labute approximate surface area is 75.9 Å². The van der Waals surface area contributed by atoms with E-state index in [1.54, 1.807) is 0 Å². The summed E-state index contributed by atoms with van der Waals surface area (Å²) >= 11 is 0. The molecule has 0 aliphatic heterocycles. The van der Waals surface area contributed by atoms with Crippen molar-refractivity contribution in [1.82, 2.24) is 5.32 Å². The zero-order chi connectivity index (χ0) is 8.39. The summed E-state index contributed by atoms with van der Waals surface area (Å²) in [5.74, 6) is 2.10. The van der Waals surface area contributed by atoms with Crippen LogP contribution in [0.3, 0.4) is 0 Å². The van der Waals surface area contributed by atoms with Crippen molar-refractivity contribution in [1.29, 1.82) is 0 Å². The van der Waals surface area contributed by atoms with E-state index >= 15 is 0 Å². The molecule has 1 nitrogen and oxygen atoms in total. The Bertz CT molecular complexity index is 136. The molecule has 0 spiro atoms. The van der Waals surface area contributed by atoms with Crippen molar-refractivity contribution < 1.29 is 0 Å². The van der Waals surface area contributed by atoms with Crippen LogP contribution in [0.4, 0.5) is 0 Å². The molecule has 2 saturated carbocycles. The molecule has 0 heterocycles. The molecule has 1 atom stereocenters. The molecule has 2 fully saturated rings. The molecule has 2 aliphatic rings. The van der Waals surface area contributed by atoms with Crippen molar-refractivity contribution in [2.24, 2.45) is 11.8 Å². The van der Waals surface area contributed by atoms with Gasteiger partial charge in [-0.15, -0.1) is 0 Å². The standard InChI is InChI=1S/C11H21N/c1-9(7-10-3-2-4-10)12-8-11-5-6-11/h9-12H,2-8H2,1H3. The van der Waals surface area contributed by atoms with E-state index in [-0.39, 0.29) is 0 Å². The lowest BCUT2D eigenvalue weighted by Crippen LogP contribution is -2.31. The van der Waals surface area contributed by atoms with Crippen LogP contribution < -0.4 is 5.32 Å². The fraction of sp³-hybridized carbons (Fsp3) is 1.00. The van der Waals surface area contributed by atoms with Gasteiger partial charge in [-0.25, -0.2) is 0 Å². The van der Waals surface area contributed by atoms with E-state index < -0.39 is 0 Å². The first-order chi connectivity index (χ1) is 5.84. The minimum atomic E-state index is 0.774. The molecule has 2 aliphatic carbocycles. The van der Waals surface area contributed by atoms with Crippen molar-refractivity contribution >= 4 is 0 Å². The Morgan fingerprint density at radius 3 is 2.42 bits per heavy atom. The van der Waals surface area contributed by atoms with Gasteiger partial charge in [-0.2, -0.15) is 0 Å². The molecule has 0 aromatic carbocycles. The van der Waals surface area contributed by atoms with Crippen LogP contribution in [0.2, 0.25) is 0 Å². The summed E-state index contributed by atoms with van der Waals surface area (Å²) in [6.07, 6.45) is 8.85. The zero-order valence-electron chi connectivity index (χ0n) is 8.18. The highest BCUT2D eigenvalue weighted by Crippen LogP contribution is 2.31. The average molecular weight is 167 g/mol. The third-order valence-corrected chi connectivity index (χ3v) is 3.36. The fourth-order valence-corrected chi connectivity index (χ4v) is 2.00. The summed E-state index contributed by atoms with van der Waals surface area (Å²) in [7, 11) is 0. The lowest BCUT2D eigenvalue weighted by atomic mass is 9.81. The van der Waals surface area contributed by atoms with Gasteiger partial charge < -0.3 is 5.32 Å². The second-order valence-corrected chi connectivity index (χ2v) is 4.79. The lowest BCUT2D eigenvalue weighted by molar-refractivity contribution is 0.265. The second-order valence-electron chi connectivity index (χ2n) is 4.79. The SMILES string of the molecule is CC(CC1CCC1)NCC1CC1. The van der Waals surface area contributed by atoms with Gasteiger partial charge >= 0.3 is 0 Å². The predicted octanol–water partition coefficient (Wildman–Crippen LogP) is 2.56. The fourth-order valence-electron chi connectivity index (χ4n) is 2.00. The molecule has 0 aromatic rings. The minimum Gasteiger partial charge on any atom is -0.314 e. The molecule has 2 rings (SSSR count). The van der Waals surface area contributed by atoms with E-state index in [4.69, 9.17) is 0 Å². The first-order valence-electron chi connectivity index (χ1n) is 5.58. The van der Waals surface area contributed by atoms with E-state index in [9.17, 15) is 0 Å². The van der Waals surface area contributed by atoms with Gasteiger partial charge in [0.1, 0.15) is 0 Å². The topological polar surface area (TPSA) is 12.0 Å². The summed E-state index contributed by atoms with van der Waals surface area (Å²) in [5.41, 5.74) is 0. The van der Waals surface area contributed by atoms with Crippen molar-refractivity contribution in [2.75, 3.05) is 6.54 Å². The van der Waals surface area contributed by atoms with E-state index in [1.165, 1.54) is 45.1 Å². The van der Waals surface area contributed by atoms with Gasteiger partial charge in [0.25, 0.3) is 0 Å². The Kier molecular flexibility index (Phi) is 2.69. The maximum absolute atomic E-state index is 3.64. The molecule has 0 amide bonds. The van der Waals surface area contributed by atoms with E-state index in [2.05, 4.69) is 12.2 Å². The number of rotatable bonds is 5. The summed E-state index contributed by atoms with van der Waals surface area (Å²) in [5, 5.41) is 3.64. The van der Waals surface area contributed by atoms with Crippen LogP contribution >= 0.6 is 0 Å². The Morgan fingerprint density at radius 2 is 1.92 bits per heavy atom. The van der Waals surface area contributed by atoms with Crippen molar-refractivity contribution in [3.05, 3.63) is 0 Å². The minimum absolute atomic E-state index is 0.774. The van der Waals surface area contributed by atoms with E-state index in [0.717, 1.165) is 17.9 Å². The second kappa shape index (κ2) is 3.78. The highest BCUT2D eigenvalue weighted by Gasteiger charge is 2.23. The monoisotopic (exact) mass is 167 g/mol. The maximum atomic E-state index is 3.64. The quantitative estimate of drug-likeness (QED) is 0.663. The van der Waals surface area contributed by atoms with Crippen molar-refractivity contribution in [3.63, 3.8) is 0 Å². The molecule has 1 N–H and O–H groups in total. The number of hydrogen-bond donors (Lipinski definition) is 1. The van der Waals surface area contributed by atoms with Crippen molar-refractivity contribution in [3.8, 4) is 0 Å². The average Bonchev–Trinajstić information content (AvgIpc) is 2.76. The van der Waals surface area contributed by atoms with Crippen molar-refractivity contribution in [2.45, 2.75) is 51.5 Å². The van der Waals surface area contributed by atoms with Gasteiger partial charge in [0.2, 0.25) is 0 Å². The van der Waals surface area contributed by atoms with Crippen LogP contribution in [0.5, 0.6) is 0 Å². The molecule has 0 bridgehead atoms. The normalized spacial score (nSPS) is 26.8. The molecular weight excluding hydrogens is 146 g/mol. The molecule has 0 aromatic heterocycles. The van der Waals surface area contributed by atoms with Gasteiger partial charge in [-0.3, -0.25) is 0 Å². The first-order valence-corrected chi connectivity index (χ1v) is 5.58. The Hall–Kier alpha value is -0.0400. The lowest BCUT2D eigenvalue weighted by Gasteiger charge is -2.28. The predicted molar refractivity (Wildman–Crippen MR) is 52.1 cm³/mol. The summed E-state index contributed by atoms with van der Waals surface area (Å²) in [4.78, 5) is 0. The van der Waals surface area contributed by atoms with Gasteiger partial charge in [0, 0.05) is 6.04 Å². The summed E-state index contributed by atoms with van der Waals surface area (Å²) < 4.78 is 0. The highest BCUT2D eigenvalue weighted by molar-refractivity contribution is 4.79. The molecular formula is C11H21N.